The predicted octanol–water partition coefficient (Wildman–Crippen LogP) is 1.33. The van der Waals surface area contributed by atoms with Gasteiger partial charge in [0.05, 0.1) is 16.7 Å². The molecule has 1 aliphatic heterocycles. The minimum absolute atomic E-state index is 0.101. The molecule has 1 aromatic rings. The number of phenols is 1. The van der Waals surface area contributed by atoms with Crippen molar-refractivity contribution in [2.24, 2.45) is 0 Å². The van der Waals surface area contributed by atoms with E-state index in [1.54, 1.807) is 0 Å². The number of hydrogen-bond acceptors (Lipinski definition) is 5. The van der Waals surface area contributed by atoms with Gasteiger partial charge in [0.15, 0.2) is 10.9 Å². The highest BCUT2D eigenvalue weighted by molar-refractivity contribution is 7.98. The van der Waals surface area contributed by atoms with Gasteiger partial charge in [-0.2, -0.15) is 4.55 Å². The summed E-state index contributed by atoms with van der Waals surface area (Å²) >= 11 is 5.04. The van der Waals surface area contributed by atoms with Gasteiger partial charge in [0.1, 0.15) is 11.5 Å². The van der Waals surface area contributed by atoms with Gasteiger partial charge < -0.3 is 15.7 Å². The zero-order chi connectivity index (χ0) is 15.6. The topological polar surface area (TPSA) is 125 Å². The Morgan fingerprint density at radius 2 is 2.24 bits per heavy atom. The number of anilines is 1. The summed E-state index contributed by atoms with van der Waals surface area (Å²) in [4.78, 5) is 10.1. The third-order valence-electron chi connectivity index (χ3n) is 3.02. The maximum absolute atomic E-state index is 11.4. The zero-order valence-corrected chi connectivity index (χ0v) is 12.4. The molecule has 1 heterocycles. The van der Waals surface area contributed by atoms with Crippen molar-refractivity contribution in [3.63, 3.8) is 0 Å². The molecule has 0 amide bonds. The van der Waals surface area contributed by atoms with Gasteiger partial charge in [0.2, 0.25) is 10.2 Å². The van der Waals surface area contributed by atoms with Crippen LogP contribution < -0.4 is 10.6 Å². The molecule has 1 unspecified atom stereocenters. The summed E-state index contributed by atoms with van der Waals surface area (Å²) in [7, 11) is -2.78. The summed E-state index contributed by atoms with van der Waals surface area (Å²) in [6, 6.07) is 3.30. The van der Waals surface area contributed by atoms with Crippen molar-refractivity contribution in [2.75, 3.05) is 16.8 Å². The summed E-state index contributed by atoms with van der Waals surface area (Å²) in [6.07, 6.45) is 0.512. The van der Waals surface area contributed by atoms with E-state index in [9.17, 15) is 24.0 Å². The lowest BCUT2D eigenvalue weighted by atomic mass is 10.2. The number of rotatable bonds is 3. The van der Waals surface area contributed by atoms with Gasteiger partial charge in [0.25, 0.3) is 5.69 Å². The number of nitro benzene ring substituents is 1. The van der Waals surface area contributed by atoms with Crippen molar-refractivity contribution in [3.05, 3.63) is 28.3 Å². The van der Waals surface area contributed by atoms with Crippen LogP contribution in [0.2, 0.25) is 0 Å². The Labute approximate surface area is 127 Å². The quantitative estimate of drug-likeness (QED) is 0.215. The first-order valence-electron chi connectivity index (χ1n) is 6.04. The van der Waals surface area contributed by atoms with Crippen LogP contribution in [0.3, 0.4) is 0 Å². The maximum atomic E-state index is 11.4. The summed E-state index contributed by atoms with van der Waals surface area (Å²) in [6.45, 7) is 0. The standard InChI is InChI=1S/C11H13N3O5S2/c15-10-2-1-8(14(16)17)5-9(10)13-11(20)12-7-3-4-21(18,19)6-7/h1-2,5,7H,3-4,6H2,(H3-,12,13,15,18,19,20)/p+1/t7-/m0/s1. The second kappa shape index (κ2) is 5.92. The first-order valence-corrected chi connectivity index (χ1v) is 8.30. The van der Waals surface area contributed by atoms with Crippen molar-refractivity contribution in [1.82, 2.24) is 5.32 Å². The Kier molecular flexibility index (Phi) is 4.40. The molecule has 21 heavy (non-hydrogen) atoms. The Morgan fingerprint density at radius 1 is 1.52 bits per heavy atom. The highest BCUT2D eigenvalue weighted by Gasteiger charge is 2.38. The molecule has 2 atom stereocenters. The van der Waals surface area contributed by atoms with Gasteiger partial charge in [-0.25, -0.2) is 0 Å². The molecule has 1 fully saturated rings. The number of non-ortho nitro benzene ring substituents is 1. The third kappa shape index (κ3) is 4.09. The number of aromatic hydroxyl groups is 1. The van der Waals surface area contributed by atoms with E-state index in [1.165, 1.54) is 12.1 Å². The zero-order valence-electron chi connectivity index (χ0n) is 10.8. The summed E-state index contributed by atoms with van der Waals surface area (Å²) in [5.74, 6) is 0.146. The van der Waals surface area contributed by atoms with E-state index >= 15 is 0 Å². The SMILES string of the molecule is O=[N+]([O-])c1ccc(O)c(NC(=S)N[C@H]2CC[S+](=O)(O)C2)c1. The second-order valence-corrected chi connectivity index (χ2v) is 7.38. The van der Waals surface area contributed by atoms with Crippen LogP contribution in [0.5, 0.6) is 5.75 Å². The molecule has 1 aromatic carbocycles. The van der Waals surface area contributed by atoms with Crippen LogP contribution in [0.4, 0.5) is 11.4 Å². The smallest absolute Gasteiger partial charge is 0.271 e. The minimum Gasteiger partial charge on any atom is -0.506 e. The lowest BCUT2D eigenvalue weighted by Gasteiger charge is -2.14. The van der Waals surface area contributed by atoms with E-state index in [0.29, 0.717) is 6.42 Å². The molecule has 0 radical (unpaired) electrons. The molecular formula is C11H14N3O5S2+. The summed E-state index contributed by atoms with van der Waals surface area (Å²) < 4.78 is 20.9. The van der Waals surface area contributed by atoms with Crippen molar-refractivity contribution in [1.29, 1.82) is 0 Å². The van der Waals surface area contributed by atoms with Gasteiger partial charge in [0, 0.05) is 18.6 Å². The van der Waals surface area contributed by atoms with Gasteiger partial charge >= 0.3 is 0 Å². The monoisotopic (exact) mass is 332 g/mol. The second-order valence-electron chi connectivity index (χ2n) is 4.69. The Hall–Kier alpha value is -1.78. The van der Waals surface area contributed by atoms with E-state index in [4.69, 9.17) is 12.2 Å². The van der Waals surface area contributed by atoms with Crippen molar-refractivity contribution in [3.8, 4) is 5.75 Å². The molecule has 1 aliphatic rings. The molecule has 8 nitrogen and oxygen atoms in total. The van der Waals surface area contributed by atoms with Crippen molar-refractivity contribution in [2.45, 2.75) is 12.5 Å². The predicted molar refractivity (Wildman–Crippen MR) is 82.9 cm³/mol. The minimum atomic E-state index is -2.78. The Balaban J connectivity index is 2.01. The Bertz CT molecular complexity index is 636. The lowest BCUT2D eigenvalue weighted by molar-refractivity contribution is -0.384. The third-order valence-corrected chi connectivity index (χ3v) is 5.04. The molecular weight excluding hydrogens is 318 g/mol. The van der Waals surface area contributed by atoms with Gasteiger partial charge in [-0.1, -0.05) is 4.21 Å². The fourth-order valence-corrected chi connectivity index (χ4v) is 3.98. The van der Waals surface area contributed by atoms with E-state index in [1.807, 2.05) is 0 Å². The lowest BCUT2D eigenvalue weighted by Crippen LogP contribution is -2.38. The Morgan fingerprint density at radius 3 is 2.81 bits per heavy atom. The van der Waals surface area contributed by atoms with E-state index in [-0.39, 0.29) is 39.8 Å². The van der Waals surface area contributed by atoms with Gasteiger partial charge in [-0.15, -0.1) is 0 Å². The number of thiocarbonyl (C=S) groups is 1. The largest absolute Gasteiger partial charge is 0.506 e. The highest BCUT2D eigenvalue weighted by Crippen LogP contribution is 2.27. The van der Waals surface area contributed by atoms with Crippen LogP contribution >= 0.6 is 12.2 Å². The van der Waals surface area contributed by atoms with Crippen LogP contribution in [-0.2, 0) is 14.4 Å². The van der Waals surface area contributed by atoms with Crippen LogP contribution in [0.15, 0.2) is 18.2 Å². The normalized spacial score (nSPS) is 24.5. The first kappa shape index (κ1) is 15.6. The molecule has 0 aromatic heterocycles. The van der Waals surface area contributed by atoms with Gasteiger partial charge in [-0.3, -0.25) is 10.1 Å². The van der Waals surface area contributed by atoms with Crippen molar-refractivity contribution >= 4 is 38.9 Å². The maximum Gasteiger partial charge on any atom is 0.271 e. The van der Waals surface area contributed by atoms with Crippen LogP contribution in [0.1, 0.15) is 6.42 Å². The van der Waals surface area contributed by atoms with Crippen molar-refractivity contribution < 1.29 is 18.8 Å². The van der Waals surface area contributed by atoms with E-state index < -0.39 is 15.1 Å². The summed E-state index contributed by atoms with van der Waals surface area (Å²) in [5.41, 5.74) is -0.0817. The van der Waals surface area contributed by atoms with Crippen LogP contribution in [0, 0.1) is 10.1 Å². The first-order chi connectivity index (χ1) is 9.77. The summed E-state index contributed by atoms with van der Waals surface area (Å²) in [5, 5.41) is 26.0. The van der Waals surface area contributed by atoms with Crippen LogP contribution in [0.25, 0.3) is 0 Å². The fraction of sp³-hybridized carbons (Fsp3) is 0.364. The number of benzene rings is 1. The molecule has 0 spiro atoms. The number of nitrogens with one attached hydrogen (secondary N) is 2. The van der Waals surface area contributed by atoms with E-state index in [0.717, 1.165) is 6.07 Å². The number of hydrogen-bond donors (Lipinski definition) is 4. The molecule has 0 saturated carbocycles. The molecule has 1 saturated heterocycles. The number of nitro groups is 1. The molecule has 0 bridgehead atoms. The molecule has 4 N–H and O–H groups in total. The van der Waals surface area contributed by atoms with Gasteiger partial charge in [-0.05, 0) is 18.3 Å². The molecule has 0 aliphatic carbocycles. The number of phenolic OH excluding ortho intramolecular Hbond substituents is 1. The molecule has 10 heteroatoms. The number of nitrogens with zero attached hydrogens (tertiary/aromatic N) is 1. The molecule has 2 rings (SSSR count). The van der Waals surface area contributed by atoms with E-state index in [2.05, 4.69) is 10.6 Å². The fourth-order valence-electron chi connectivity index (χ4n) is 2.00. The highest BCUT2D eigenvalue weighted by atomic mass is 32.3. The average Bonchev–Trinajstić information content (AvgIpc) is 2.71. The van der Waals surface area contributed by atoms with Crippen LogP contribution in [-0.4, -0.2) is 37.2 Å². The average molecular weight is 332 g/mol. The molecule has 114 valence electrons.